The molecule has 0 aliphatic heterocycles. The lowest BCUT2D eigenvalue weighted by Gasteiger charge is -2.03. The van der Waals surface area contributed by atoms with E-state index in [1.165, 1.54) is 24.7 Å². The normalized spacial score (nSPS) is 10.8. The van der Waals surface area contributed by atoms with Gasteiger partial charge in [0, 0.05) is 10.1 Å². The van der Waals surface area contributed by atoms with Gasteiger partial charge >= 0.3 is 5.97 Å². The lowest BCUT2D eigenvalue weighted by Crippen LogP contribution is -2.34. The highest BCUT2D eigenvalue weighted by Crippen LogP contribution is 2.34. The van der Waals surface area contributed by atoms with Crippen LogP contribution in [-0.4, -0.2) is 37.7 Å². The van der Waals surface area contributed by atoms with Gasteiger partial charge in [-0.1, -0.05) is 41.9 Å². The molecule has 2 N–H and O–H groups in total. The van der Waals surface area contributed by atoms with Gasteiger partial charge in [-0.25, -0.2) is 10.2 Å². The minimum absolute atomic E-state index is 0.248. The zero-order valence-electron chi connectivity index (χ0n) is 15.3. The molecule has 3 rings (SSSR count). The highest BCUT2D eigenvalue weighted by atomic mass is 35.5. The Kier molecular flexibility index (Phi) is 6.58. The molecule has 7 nitrogen and oxygen atoms in total. The van der Waals surface area contributed by atoms with E-state index >= 15 is 0 Å². The van der Waals surface area contributed by atoms with Crippen molar-refractivity contribution < 1.29 is 19.1 Å². The van der Waals surface area contributed by atoms with Crippen molar-refractivity contribution in [2.45, 2.75) is 0 Å². The molecule has 0 saturated carbocycles. The number of carbonyl (C=O) groups is 3. The first-order valence-corrected chi connectivity index (χ1v) is 9.64. The van der Waals surface area contributed by atoms with Gasteiger partial charge in [-0.15, -0.1) is 11.3 Å². The average molecular weight is 430 g/mol. The molecule has 1 aromatic heterocycles. The minimum atomic E-state index is -0.488. The number of nitrogens with one attached hydrogen (secondary N) is 2. The predicted molar refractivity (Wildman–Crippen MR) is 113 cm³/mol. The van der Waals surface area contributed by atoms with Gasteiger partial charge in [0.05, 0.1) is 30.5 Å². The number of hydrogen-bond acceptors (Lipinski definition) is 6. The average Bonchev–Trinajstić information content (AvgIpc) is 3.09. The summed E-state index contributed by atoms with van der Waals surface area (Å²) in [6.07, 6.45) is 1.42. The summed E-state index contributed by atoms with van der Waals surface area (Å²) in [5.74, 6) is -1.34. The largest absolute Gasteiger partial charge is 0.465 e. The van der Waals surface area contributed by atoms with E-state index in [2.05, 4.69) is 20.6 Å². The topological polar surface area (TPSA) is 96.9 Å². The summed E-state index contributed by atoms with van der Waals surface area (Å²) in [4.78, 5) is 35.9. The Hall–Kier alpha value is -3.23. The van der Waals surface area contributed by atoms with Crippen LogP contribution in [0.25, 0.3) is 10.1 Å². The predicted octanol–water partition coefficient (Wildman–Crippen LogP) is 3.22. The third kappa shape index (κ3) is 4.98. The molecule has 0 unspecified atom stereocenters. The number of fused-ring (bicyclic) bond motifs is 1. The van der Waals surface area contributed by atoms with Crippen LogP contribution in [0.3, 0.4) is 0 Å². The molecule has 0 saturated heterocycles. The van der Waals surface area contributed by atoms with E-state index in [9.17, 15) is 14.4 Å². The van der Waals surface area contributed by atoms with Crippen LogP contribution in [0.5, 0.6) is 0 Å². The molecule has 0 fully saturated rings. The first-order chi connectivity index (χ1) is 14.0. The van der Waals surface area contributed by atoms with Crippen LogP contribution < -0.4 is 10.7 Å². The summed E-state index contributed by atoms with van der Waals surface area (Å²) in [6.45, 7) is -0.248. The molecule has 0 atom stereocenters. The zero-order valence-corrected chi connectivity index (χ0v) is 16.8. The van der Waals surface area contributed by atoms with Crippen LogP contribution in [-0.2, 0) is 9.53 Å². The summed E-state index contributed by atoms with van der Waals surface area (Å²) in [5, 5.41) is 7.52. The number of amides is 2. The van der Waals surface area contributed by atoms with Crippen molar-refractivity contribution in [1.82, 2.24) is 10.7 Å². The first kappa shape index (κ1) is 20.5. The number of methoxy groups -OCH3 is 1. The van der Waals surface area contributed by atoms with Gasteiger partial charge in [0.15, 0.2) is 0 Å². The fraction of sp³-hybridized carbons (Fsp3) is 0.100. The van der Waals surface area contributed by atoms with E-state index in [-0.39, 0.29) is 6.54 Å². The van der Waals surface area contributed by atoms with E-state index < -0.39 is 17.8 Å². The lowest BCUT2D eigenvalue weighted by atomic mass is 10.1. The SMILES string of the molecule is COC(=O)c1ccc(/C=N/NC(=O)CNC(=O)c2sc3ccccc3c2Cl)cc1. The van der Waals surface area contributed by atoms with Gasteiger partial charge in [0.2, 0.25) is 0 Å². The van der Waals surface area contributed by atoms with Crippen molar-refractivity contribution in [3.05, 3.63) is 69.6 Å². The summed E-state index contributed by atoms with van der Waals surface area (Å²) >= 11 is 7.52. The maximum absolute atomic E-state index is 12.3. The Balaban J connectivity index is 1.51. The fourth-order valence-electron chi connectivity index (χ4n) is 2.44. The Labute approximate surface area is 175 Å². The monoisotopic (exact) mass is 429 g/mol. The Bertz CT molecular complexity index is 1090. The lowest BCUT2D eigenvalue weighted by molar-refractivity contribution is -0.120. The number of halogens is 1. The number of hydrogen-bond donors (Lipinski definition) is 2. The summed E-state index contributed by atoms with van der Waals surface area (Å²) in [5.41, 5.74) is 3.42. The maximum atomic E-state index is 12.3. The van der Waals surface area contributed by atoms with Gasteiger partial charge in [-0.05, 0) is 23.8 Å². The number of benzene rings is 2. The molecular formula is C20H16ClN3O4S. The number of thiophene rings is 1. The third-order valence-electron chi connectivity index (χ3n) is 3.89. The summed E-state index contributed by atoms with van der Waals surface area (Å²) in [6, 6.07) is 13.9. The molecule has 0 aliphatic carbocycles. The van der Waals surface area contributed by atoms with E-state index in [0.717, 1.165) is 10.1 Å². The molecule has 0 spiro atoms. The molecule has 1 heterocycles. The highest BCUT2D eigenvalue weighted by molar-refractivity contribution is 7.21. The Morgan fingerprint density at radius 3 is 2.55 bits per heavy atom. The molecule has 148 valence electrons. The van der Waals surface area contributed by atoms with E-state index in [4.69, 9.17) is 11.6 Å². The Morgan fingerprint density at radius 2 is 1.86 bits per heavy atom. The van der Waals surface area contributed by atoms with Crippen LogP contribution in [0.1, 0.15) is 25.6 Å². The van der Waals surface area contributed by atoms with Crippen molar-refractivity contribution >= 4 is 57.0 Å². The smallest absolute Gasteiger partial charge is 0.337 e. The molecular weight excluding hydrogens is 414 g/mol. The van der Waals surface area contributed by atoms with Crippen molar-refractivity contribution in [1.29, 1.82) is 0 Å². The summed E-state index contributed by atoms with van der Waals surface area (Å²) in [7, 11) is 1.31. The van der Waals surface area contributed by atoms with Crippen LogP contribution in [0.15, 0.2) is 53.6 Å². The second kappa shape index (κ2) is 9.31. The van der Waals surface area contributed by atoms with E-state index in [1.54, 1.807) is 24.3 Å². The second-order valence-corrected chi connectivity index (χ2v) is 7.26. The third-order valence-corrected chi connectivity index (χ3v) is 5.56. The van der Waals surface area contributed by atoms with Crippen LogP contribution in [0.4, 0.5) is 0 Å². The van der Waals surface area contributed by atoms with E-state index in [0.29, 0.717) is 21.0 Å². The van der Waals surface area contributed by atoms with Crippen LogP contribution in [0.2, 0.25) is 5.02 Å². The van der Waals surface area contributed by atoms with Crippen LogP contribution in [0, 0.1) is 0 Å². The molecule has 0 radical (unpaired) electrons. The van der Waals surface area contributed by atoms with Crippen molar-refractivity contribution in [2.24, 2.45) is 5.10 Å². The number of hydrazone groups is 1. The van der Waals surface area contributed by atoms with Gasteiger partial charge in [-0.3, -0.25) is 9.59 Å². The summed E-state index contributed by atoms with van der Waals surface area (Å²) < 4.78 is 5.52. The van der Waals surface area contributed by atoms with Crippen molar-refractivity contribution in [3.63, 3.8) is 0 Å². The number of esters is 1. The van der Waals surface area contributed by atoms with E-state index in [1.807, 2.05) is 24.3 Å². The van der Waals surface area contributed by atoms with Crippen molar-refractivity contribution in [3.8, 4) is 0 Å². The van der Waals surface area contributed by atoms with Crippen molar-refractivity contribution in [2.75, 3.05) is 13.7 Å². The molecule has 0 aliphatic rings. The second-order valence-electron chi connectivity index (χ2n) is 5.83. The molecule has 2 aromatic carbocycles. The standard InChI is InChI=1S/C20H16ClN3O4S/c1-28-20(27)13-8-6-12(7-9-13)10-23-24-16(25)11-22-19(26)18-17(21)14-4-2-3-5-15(14)29-18/h2-10H,11H2,1H3,(H,22,26)(H,24,25)/b23-10+. The van der Waals surface area contributed by atoms with Gasteiger partial charge in [0.25, 0.3) is 11.8 Å². The number of ether oxygens (including phenoxy) is 1. The molecule has 0 bridgehead atoms. The maximum Gasteiger partial charge on any atom is 0.337 e. The number of rotatable bonds is 6. The number of nitrogens with zero attached hydrogens (tertiary/aromatic N) is 1. The van der Waals surface area contributed by atoms with Gasteiger partial charge < -0.3 is 10.1 Å². The van der Waals surface area contributed by atoms with Crippen LogP contribution >= 0.6 is 22.9 Å². The molecule has 2 amide bonds. The zero-order chi connectivity index (χ0) is 20.8. The molecule has 29 heavy (non-hydrogen) atoms. The molecule has 3 aromatic rings. The highest BCUT2D eigenvalue weighted by Gasteiger charge is 2.17. The quantitative estimate of drug-likeness (QED) is 0.357. The number of carbonyl (C=O) groups excluding carboxylic acids is 3. The minimum Gasteiger partial charge on any atom is -0.465 e. The molecule has 9 heteroatoms. The van der Waals surface area contributed by atoms with Gasteiger partial charge in [-0.2, -0.15) is 5.10 Å². The Morgan fingerprint density at radius 1 is 1.14 bits per heavy atom. The van der Waals surface area contributed by atoms with Gasteiger partial charge in [0.1, 0.15) is 4.88 Å². The fourth-order valence-corrected chi connectivity index (χ4v) is 3.88. The first-order valence-electron chi connectivity index (χ1n) is 8.45.